The van der Waals surface area contributed by atoms with E-state index >= 15 is 0 Å². The Kier molecular flexibility index (Phi) is 12.1. The molecule has 0 heterocycles. The number of hydrogen-bond donors (Lipinski definition) is 0. The molecule has 0 saturated carbocycles. The predicted molar refractivity (Wildman–Crippen MR) is 226 cm³/mol. The summed E-state index contributed by atoms with van der Waals surface area (Å²) < 4.78 is 13.2. The molecule has 7 aromatic carbocycles. The highest BCUT2D eigenvalue weighted by atomic mass is 19.1. The normalized spacial score (nSPS) is 13.4. The van der Waals surface area contributed by atoms with Gasteiger partial charge in [0.15, 0.2) is 0 Å². The van der Waals surface area contributed by atoms with Gasteiger partial charge in [0.05, 0.1) is 0 Å². The fraction of sp³-hybridized carbons (Fsp3) is 0.231. The SMILES string of the molecule is CCC(Cc1ccccc1)c1ccccc1.CCC(c1ccccc1)c1cccc(F)c1.Cc1ccc2c(c1)C(C)(C)c1cc(C)c3ccccc3c1-2. The molecule has 2 atom stereocenters. The summed E-state index contributed by atoms with van der Waals surface area (Å²) in [7, 11) is 0. The fourth-order valence-corrected chi connectivity index (χ4v) is 8.07. The van der Waals surface area contributed by atoms with E-state index < -0.39 is 0 Å². The molecule has 1 aliphatic carbocycles. The van der Waals surface area contributed by atoms with Crippen molar-refractivity contribution >= 4 is 10.8 Å². The first-order chi connectivity index (χ1) is 25.7. The number of rotatable bonds is 7. The van der Waals surface area contributed by atoms with E-state index in [1.807, 2.05) is 24.3 Å². The van der Waals surface area contributed by atoms with Crippen molar-refractivity contribution in [2.24, 2.45) is 0 Å². The van der Waals surface area contributed by atoms with Gasteiger partial charge in [0.1, 0.15) is 5.82 Å². The van der Waals surface area contributed by atoms with Crippen molar-refractivity contribution < 1.29 is 4.39 Å². The van der Waals surface area contributed by atoms with Gasteiger partial charge in [0, 0.05) is 11.3 Å². The van der Waals surface area contributed by atoms with Gasteiger partial charge in [-0.3, -0.25) is 0 Å². The third-order valence-electron chi connectivity index (χ3n) is 11.0. The molecule has 0 bridgehead atoms. The van der Waals surface area contributed by atoms with Crippen molar-refractivity contribution in [3.05, 3.63) is 214 Å². The van der Waals surface area contributed by atoms with E-state index in [2.05, 4.69) is 163 Å². The topological polar surface area (TPSA) is 0 Å². The minimum atomic E-state index is -0.160. The predicted octanol–water partition coefficient (Wildman–Crippen LogP) is 14.6. The van der Waals surface area contributed by atoms with Crippen molar-refractivity contribution in [2.75, 3.05) is 0 Å². The minimum Gasteiger partial charge on any atom is -0.207 e. The molecule has 0 aliphatic heterocycles. The summed E-state index contributed by atoms with van der Waals surface area (Å²) in [4.78, 5) is 0. The van der Waals surface area contributed by atoms with Gasteiger partial charge in [0.25, 0.3) is 0 Å². The van der Waals surface area contributed by atoms with Crippen LogP contribution in [0.15, 0.2) is 164 Å². The number of aryl methyl sites for hydroxylation is 2. The third-order valence-corrected chi connectivity index (χ3v) is 11.0. The molecule has 1 heteroatoms. The van der Waals surface area contributed by atoms with Crippen LogP contribution in [-0.4, -0.2) is 0 Å². The molecule has 0 N–H and O–H groups in total. The molecule has 7 aromatic rings. The zero-order chi connectivity index (χ0) is 37.4. The Morgan fingerprint density at radius 2 is 1.11 bits per heavy atom. The van der Waals surface area contributed by atoms with E-state index in [1.165, 1.54) is 73.3 Å². The van der Waals surface area contributed by atoms with E-state index in [-0.39, 0.29) is 17.2 Å². The van der Waals surface area contributed by atoms with Gasteiger partial charge >= 0.3 is 0 Å². The minimum absolute atomic E-state index is 0.0888. The lowest BCUT2D eigenvalue weighted by Gasteiger charge is -2.22. The van der Waals surface area contributed by atoms with Crippen molar-refractivity contribution in [1.29, 1.82) is 0 Å². The second kappa shape index (κ2) is 17.0. The van der Waals surface area contributed by atoms with E-state index in [0.29, 0.717) is 5.92 Å². The summed E-state index contributed by atoms with van der Waals surface area (Å²) in [5.41, 5.74) is 13.8. The molecule has 1 aliphatic rings. The zero-order valence-corrected chi connectivity index (χ0v) is 32.2. The molecular weight excluding hydrogens is 644 g/mol. The van der Waals surface area contributed by atoms with Crippen LogP contribution < -0.4 is 0 Å². The van der Waals surface area contributed by atoms with Crippen LogP contribution in [0.1, 0.15) is 96.9 Å². The highest BCUT2D eigenvalue weighted by molar-refractivity contribution is 6.03. The lowest BCUT2D eigenvalue weighted by atomic mass is 9.81. The van der Waals surface area contributed by atoms with E-state index in [9.17, 15) is 4.39 Å². The van der Waals surface area contributed by atoms with Crippen molar-refractivity contribution in [3.8, 4) is 11.1 Å². The smallest absolute Gasteiger partial charge is 0.123 e. The molecule has 0 amide bonds. The molecule has 0 nitrogen and oxygen atoms in total. The Morgan fingerprint density at radius 1 is 0.528 bits per heavy atom. The molecule has 53 heavy (non-hydrogen) atoms. The Balaban J connectivity index is 0.000000138. The first-order valence-corrected chi connectivity index (χ1v) is 19.2. The van der Waals surface area contributed by atoms with Gasteiger partial charge in [-0.2, -0.15) is 0 Å². The van der Waals surface area contributed by atoms with E-state index in [0.717, 1.165) is 18.4 Å². The quantitative estimate of drug-likeness (QED) is 0.156. The maximum absolute atomic E-state index is 13.2. The summed E-state index contributed by atoms with van der Waals surface area (Å²) in [5.74, 6) is 0.771. The van der Waals surface area contributed by atoms with Crippen LogP contribution in [0.25, 0.3) is 21.9 Å². The molecule has 268 valence electrons. The van der Waals surface area contributed by atoms with Gasteiger partial charge < -0.3 is 0 Å². The zero-order valence-electron chi connectivity index (χ0n) is 32.2. The summed E-state index contributed by atoms with van der Waals surface area (Å²) in [6.45, 7) is 13.5. The van der Waals surface area contributed by atoms with E-state index in [4.69, 9.17) is 0 Å². The molecule has 0 saturated heterocycles. The Bertz CT molecular complexity index is 2230. The standard InChI is InChI=1S/C21H20.C16H18.C15H15F/c1-13-9-10-17-18(11-13)21(3,4)19-12-14(2)15-7-5-6-8-16(15)20(17)19;1-2-15(16-11-7-4-8-12-16)13-14-9-5-3-6-10-14;1-2-15(12-7-4-3-5-8-12)13-9-6-10-14(16)11-13/h5-12H,1-4H3;3-12,15H,2,13H2,1H3;3-11,15H,2H2,1H3. The average molecular weight is 697 g/mol. The maximum atomic E-state index is 13.2. The fourth-order valence-electron chi connectivity index (χ4n) is 8.07. The summed E-state index contributed by atoms with van der Waals surface area (Å²) >= 11 is 0. The lowest BCUT2D eigenvalue weighted by Crippen LogP contribution is -2.15. The van der Waals surface area contributed by atoms with Crippen LogP contribution in [0.4, 0.5) is 4.39 Å². The number of hydrogen-bond acceptors (Lipinski definition) is 0. The largest absolute Gasteiger partial charge is 0.207 e. The average Bonchev–Trinajstić information content (AvgIpc) is 3.41. The first-order valence-electron chi connectivity index (χ1n) is 19.2. The Morgan fingerprint density at radius 3 is 1.74 bits per heavy atom. The number of benzene rings is 7. The van der Waals surface area contributed by atoms with Gasteiger partial charge in [0.2, 0.25) is 0 Å². The third kappa shape index (κ3) is 8.52. The first kappa shape index (κ1) is 37.5. The van der Waals surface area contributed by atoms with Crippen LogP contribution >= 0.6 is 0 Å². The van der Waals surface area contributed by atoms with Crippen LogP contribution in [0.3, 0.4) is 0 Å². The van der Waals surface area contributed by atoms with Crippen LogP contribution in [0, 0.1) is 19.7 Å². The molecule has 0 aromatic heterocycles. The van der Waals surface area contributed by atoms with Crippen LogP contribution in [0.5, 0.6) is 0 Å². The monoisotopic (exact) mass is 696 g/mol. The molecule has 0 fully saturated rings. The number of fused-ring (bicyclic) bond motifs is 5. The molecule has 0 radical (unpaired) electrons. The Hall–Kier alpha value is -5.27. The molecular formula is C52H53F. The van der Waals surface area contributed by atoms with Crippen molar-refractivity contribution in [2.45, 2.75) is 78.1 Å². The van der Waals surface area contributed by atoms with Gasteiger partial charge in [-0.1, -0.05) is 185 Å². The number of halogens is 1. The highest BCUT2D eigenvalue weighted by Gasteiger charge is 2.36. The second-order valence-corrected chi connectivity index (χ2v) is 15.0. The molecule has 2 unspecified atom stereocenters. The highest BCUT2D eigenvalue weighted by Crippen LogP contribution is 2.52. The van der Waals surface area contributed by atoms with Gasteiger partial charge in [-0.25, -0.2) is 4.39 Å². The Labute approximate surface area is 317 Å². The summed E-state index contributed by atoms with van der Waals surface area (Å²) in [6.07, 6.45) is 3.31. The molecule has 8 rings (SSSR count). The van der Waals surface area contributed by atoms with Crippen LogP contribution in [-0.2, 0) is 11.8 Å². The van der Waals surface area contributed by atoms with E-state index in [1.54, 1.807) is 12.1 Å². The van der Waals surface area contributed by atoms with Gasteiger partial charge in [-0.05, 0) is 112 Å². The van der Waals surface area contributed by atoms with Crippen molar-refractivity contribution in [1.82, 2.24) is 0 Å². The lowest BCUT2D eigenvalue weighted by molar-refractivity contribution is 0.622. The maximum Gasteiger partial charge on any atom is 0.123 e. The second-order valence-electron chi connectivity index (χ2n) is 15.0. The molecule has 0 spiro atoms. The van der Waals surface area contributed by atoms with Crippen LogP contribution in [0.2, 0.25) is 0 Å². The van der Waals surface area contributed by atoms with Crippen molar-refractivity contribution in [3.63, 3.8) is 0 Å². The summed E-state index contributed by atoms with van der Waals surface area (Å²) in [6, 6.07) is 56.8. The van der Waals surface area contributed by atoms with Gasteiger partial charge in [-0.15, -0.1) is 0 Å². The summed E-state index contributed by atoms with van der Waals surface area (Å²) in [5, 5.41) is 2.77.